The van der Waals surface area contributed by atoms with Crippen molar-refractivity contribution in [2.45, 2.75) is 45.2 Å². The predicted octanol–water partition coefficient (Wildman–Crippen LogP) is 6.23. The fraction of sp³-hybridized carbons (Fsp3) is 0.321. The van der Waals surface area contributed by atoms with E-state index in [1.807, 2.05) is 60.3 Å². The Kier molecular flexibility index (Phi) is 6.24. The van der Waals surface area contributed by atoms with Crippen LogP contribution in [0.1, 0.15) is 54.3 Å². The minimum atomic E-state index is -0.102. The largest absolute Gasteiger partial charge is 0.495 e. The second-order valence-electron chi connectivity index (χ2n) is 9.00. The third-order valence-electron chi connectivity index (χ3n) is 7.03. The van der Waals surface area contributed by atoms with Gasteiger partial charge in [-0.1, -0.05) is 31.5 Å². The Balaban J connectivity index is 1.58. The molecule has 2 unspecified atom stereocenters. The van der Waals surface area contributed by atoms with E-state index in [4.69, 9.17) is 21.4 Å². The monoisotopic (exact) mass is 488 g/mol. The van der Waals surface area contributed by atoms with E-state index in [0.717, 1.165) is 47.1 Å². The molecule has 0 radical (unpaired) electrons. The molecule has 3 heterocycles. The average molecular weight is 489 g/mol. The lowest BCUT2D eigenvalue weighted by Gasteiger charge is -2.41. The van der Waals surface area contributed by atoms with Crippen LogP contribution in [0.25, 0.3) is 22.2 Å². The quantitative estimate of drug-likeness (QED) is 0.334. The minimum absolute atomic E-state index is 0.0415. The Bertz CT molecular complexity index is 1410. The molecule has 1 aliphatic rings. The fourth-order valence-electron chi connectivity index (χ4n) is 5.35. The van der Waals surface area contributed by atoms with Crippen LogP contribution in [0.2, 0.25) is 5.02 Å². The topological polar surface area (TPSA) is 60.2 Å². The van der Waals surface area contributed by atoms with E-state index in [-0.39, 0.29) is 18.0 Å². The molecule has 0 fully saturated rings. The van der Waals surface area contributed by atoms with Gasteiger partial charge in [0.25, 0.3) is 5.91 Å². The van der Waals surface area contributed by atoms with E-state index in [9.17, 15) is 4.79 Å². The number of nitrogens with zero attached hydrogens (tertiary/aromatic N) is 4. The lowest BCUT2D eigenvalue weighted by Crippen LogP contribution is -2.47. The highest BCUT2D eigenvalue weighted by molar-refractivity contribution is 6.32. The molecule has 5 rings (SSSR count). The van der Waals surface area contributed by atoms with E-state index in [0.29, 0.717) is 16.3 Å². The zero-order valence-corrected chi connectivity index (χ0v) is 21.2. The minimum Gasteiger partial charge on any atom is -0.495 e. The van der Waals surface area contributed by atoms with Crippen molar-refractivity contribution in [1.82, 2.24) is 19.7 Å². The standard InChI is InChI=1S/C28H29ClN4O2/c1-5-20-16-21-26(31-32(3)27(21)18-10-12-25(35-4)22(29)15-18)24(6-2)33(20)28(34)19-9-11-23-17(14-19)8-7-13-30-23/h7-15,20,24H,5-6,16H2,1-4H3. The average Bonchev–Trinajstić information content (AvgIpc) is 3.21. The van der Waals surface area contributed by atoms with E-state index in [1.54, 1.807) is 13.3 Å². The van der Waals surface area contributed by atoms with Gasteiger partial charge in [-0.25, -0.2) is 0 Å². The van der Waals surface area contributed by atoms with Gasteiger partial charge in [0.1, 0.15) is 5.75 Å². The van der Waals surface area contributed by atoms with Gasteiger partial charge in [0.05, 0.1) is 35.1 Å². The van der Waals surface area contributed by atoms with E-state index < -0.39 is 0 Å². The van der Waals surface area contributed by atoms with Gasteiger partial charge in [0.15, 0.2) is 0 Å². The number of fused-ring (bicyclic) bond motifs is 2. The van der Waals surface area contributed by atoms with Gasteiger partial charge in [0.2, 0.25) is 0 Å². The molecular weight excluding hydrogens is 460 g/mol. The number of carbonyl (C=O) groups is 1. The molecule has 1 aliphatic heterocycles. The smallest absolute Gasteiger partial charge is 0.254 e. The summed E-state index contributed by atoms with van der Waals surface area (Å²) in [6, 6.07) is 15.5. The van der Waals surface area contributed by atoms with Gasteiger partial charge in [-0.05, 0) is 61.7 Å². The van der Waals surface area contributed by atoms with Crippen LogP contribution < -0.4 is 4.74 Å². The number of ether oxygens (including phenoxy) is 1. The number of aryl methyl sites for hydroxylation is 1. The maximum atomic E-state index is 13.9. The van der Waals surface area contributed by atoms with Crippen LogP contribution >= 0.6 is 11.6 Å². The van der Waals surface area contributed by atoms with Gasteiger partial charge in [-0.2, -0.15) is 5.10 Å². The fourth-order valence-corrected chi connectivity index (χ4v) is 5.61. The van der Waals surface area contributed by atoms with E-state index >= 15 is 0 Å². The van der Waals surface area contributed by atoms with Crippen LogP contribution in [0.3, 0.4) is 0 Å². The molecule has 0 aliphatic carbocycles. The van der Waals surface area contributed by atoms with Crippen LogP contribution in [0.4, 0.5) is 0 Å². The summed E-state index contributed by atoms with van der Waals surface area (Å²) in [6.45, 7) is 4.27. The highest BCUT2D eigenvalue weighted by Crippen LogP contribution is 2.42. The molecule has 0 N–H and O–H groups in total. The van der Waals surface area contributed by atoms with Crippen molar-refractivity contribution < 1.29 is 9.53 Å². The third-order valence-corrected chi connectivity index (χ3v) is 7.32. The molecule has 0 saturated heterocycles. The number of carbonyl (C=O) groups excluding carboxylic acids is 1. The highest BCUT2D eigenvalue weighted by Gasteiger charge is 2.40. The van der Waals surface area contributed by atoms with Crippen molar-refractivity contribution in [3.05, 3.63) is 76.6 Å². The Hall–Kier alpha value is -3.38. The van der Waals surface area contributed by atoms with Gasteiger partial charge in [-0.3, -0.25) is 14.5 Å². The Morgan fingerprint density at radius 1 is 1.14 bits per heavy atom. The first kappa shape index (κ1) is 23.4. The molecule has 2 aromatic heterocycles. The van der Waals surface area contributed by atoms with Crippen LogP contribution in [0, 0.1) is 0 Å². The number of methoxy groups -OCH3 is 1. The third kappa shape index (κ3) is 3.96. The molecule has 0 saturated carbocycles. The van der Waals surface area contributed by atoms with Crippen molar-refractivity contribution >= 4 is 28.4 Å². The summed E-state index contributed by atoms with van der Waals surface area (Å²) < 4.78 is 7.26. The number of amides is 1. The first-order chi connectivity index (χ1) is 17.0. The maximum Gasteiger partial charge on any atom is 0.254 e. The summed E-state index contributed by atoms with van der Waals surface area (Å²) in [6.07, 6.45) is 4.15. The number of rotatable bonds is 5. The van der Waals surface area contributed by atoms with Gasteiger partial charge in [-0.15, -0.1) is 0 Å². The molecule has 180 valence electrons. The second-order valence-corrected chi connectivity index (χ2v) is 9.41. The number of aromatic nitrogens is 3. The number of hydrogen-bond acceptors (Lipinski definition) is 4. The van der Waals surface area contributed by atoms with Gasteiger partial charge >= 0.3 is 0 Å². The van der Waals surface area contributed by atoms with Crippen molar-refractivity contribution in [1.29, 1.82) is 0 Å². The molecule has 35 heavy (non-hydrogen) atoms. The lowest BCUT2D eigenvalue weighted by atomic mass is 9.87. The number of benzene rings is 2. The Morgan fingerprint density at radius 3 is 2.69 bits per heavy atom. The zero-order chi connectivity index (χ0) is 24.7. The first-order valence-corrected chi connectivity index (χ1v) is 12.4. The molecule has 1 amide bonds. The molecule has 6 nitrogen and oxygen atoms in total. The molecule has 0 spiro atoms. The van der Waals surface area contributed by atoms with Crippen molar-refractivity contribution in [3.63, 3.8) is 0 Å². The predicted molar refractivity (Wildman–Crippen MR) is 139 cm³/mol. The van der Waals surface area contributed by atoms with Crippen LogP contribution in [-0.4, -0.2) is 38.7 Å². The van der Waals surface area contributed by atoms with Crippen LogP contribution in [0.15, 0.2) is 54.7 Å². The molecule has 7 heteroatoms. The van der Waals surface area contributed by atoms with Crippen molar-refractivity contribution in [2.24, 2.45) is 7.05 Å². The zero-order valence-electron chi connectivity index (χ0n) is 20.5. The summed E-state index contributed by atoms with van der Waals surface area (Å²) in [5.74, 6) is 0.687. The first-order valence-electron chi connectivity index (χ1n) is 12.0. The van der Waals surface area contributed by atoms with Crippen molar-refractivity contribution in [3.8, 4) is 17.0 Å². The summed E-state index contributed by atoms with van der Waals surface area (Å²) in [7, 11) is 3.57. The highest BCUT2D eigenvalue weighted by atomic mass is 35.5. The van der Waals surface area contributed by atoms with E-state index in [2.05, 4.69) is 23.7 Å². The lowest BCUT2D eigenvalue weighted by molar-refractivity contribution is 0.0513. The normalized spacial score (nSPS) is 17.5. The summed E-state index contributed by atoms with van der Waals surface area (Å²) >= 11 is 6.46. The van der Waals surface area contributed by atoms with Crippen LogP contribution in [0.5, 0.6) is 5.75 Å². The molecule has 0 bridgehead atoms. The SMILES string of the molecule is CCC1Cc2c(nn(C)c2-c2ccc(OC)c(Cl)c2)C(CC)N1C(=O)c1ccc2ncccc2c1. The second kappa shape index (κ2) is 9.34. The molecule has 2 atom stereocenters. The summed E-state index contributed by atoms with van der Waals surface area (Å²) in [5, 5.41) is 6.47. The Morgan fingerprint density at radius 2 is 1.97 bits per heavy atom. The number of halogens is 1. The Labute approximate surface area is 210 Å². The van der Waals surface area contributed by atoms with E-state index in [1.165, 1.54) is 5.56 Å². The number of hydrogen-bond donors (Lipinski definition) is 0. The van der Waals surface area contributed by atoms with Gasteiger partial charge < -0.3 is 9.64 Å². The van der Waals surface area contributed by atoms with Crippen molar-refractivity contribution in [2.75, 3.05) is 7.11 Å². The summed E-state index contributed by atoms with van der Waals surface area (Å²) in [5.41, 5.74) is 5.78. The molecular formula is C28H29ClN4O2. The molecule has 4 aromatic rings. The maximum absolute atomic E-state index is 13.9. The molecule has 2 aromatic carbocycles. The van der Waals surface area contributed by atoms with Gasteiger partial charge in [0, 0.05) is 41.4 Å². The summed E-state index contributed by atoms with van der Waals surface area (Å²) in [4.78, 5) is 20.4. The number of pyridine rings is 1. The van der Waals surface area contributed by atoms with Crippen LogP contribution in [-0.2, 0) is 13.5 Å².